The fourth-order valence-corrected chi connectivity index (χ4v) is 6.86. The number of nitrogens with one attached hydrogen (secondary N) is 1. The summed E-state index contributed by atoms with van der Waals surface area (Å²) in [6.07, 6.45) is 6.38. The first-order valence-corrected chi connectivity index (χ1v) is 13.7. The Kier molecular flexibility index (Phi) is 5.13. The number of pyridine rings is 1. The number of aromatic nitrogens is 4. The molecular formula is C26H29N7O2S. The quantitative estimate of drug-likeness (QED) is 0.587. The average molecular weight is 504 g/mol. The van der Waals surface area contributed by atoms with Crippen LogP contribution in [-0.4, -0.2) is 86.1 Å². The van der Waals surface area contributed by atoms with Gasteiger partial charge >= 0.3 is 6.03 Å². The summed E-state index contributed by atoms with van der Waals surface area (Å²) in [5, 5.41) is 8.70. The van der Waals surface area contributed by atoms with Gasteiger partial charge in [0.2, 0.25) is 0 Å². The van der Waals surface area contributed by atoms with E-state index in [9.17, 15) is 9.59 Å². The van der Waals surface area contributed by atoms with Gasteiger partial charge in [-0.05, 0) is 49.9 Å². The molecule has 7 rings (SSSR count). The van der Waals surface area contributed by atoms with Crippen molar-refractivity contribution in [2.75, 3.05) is 39.3 Å². The number of thiophene rings is 1. The zero-order valence-corrected chi connectivity index (χ0v) is 20.9. The van der Waals surface area contributed by atoms with E-state index in [1.54, 1.807) is 6.20 Å². The molecular weight excluding hydrogens is 474 g/mol. The fourth-order valence-electron chi connectivity index (χ4n) is 5.90. The molecule has 4 aliphatic rings. The molecule has 10 heteroatoms. The van der Waals surface area contributed by atoms with Crippen molar-refractivity contribution in [2.24, 2.45) is 5.41 Å². The van der Waals surface area contributed by atoms with E-state index >= 15 is 0 Å². The molecule has 36 heavy (non-hydrogen) atoms. The zero-order valence-electron chi connectivity index (χ0n) is 20.1. The number of aromatic amines is 1. The largest absolute Gasteiger partial charge is 0.334 e. The Morgan fingerprint density at radius 1 is 0.889 bits per heavy atom. The maximum absolute atomic E-state index is 13.1. The Balaban J connectivity index is 0.886. The summed E-state index contributed by atoms with van der Waals surface area (Å²) in [6, 6.07) is 9.73. The number of urea groups is 1. The van der Waals surface area contributed by atoms with E-state index in [-0.39, 0.29) is 17.4 Å². The minimum atomic E-state index is 0.0370. The molecule has 0 radical (unpaired) electrons. The SMILES string of the molecule is O=C(c1ccc(-c2ccccn2)s1)N1CCN(C(=O)N2CC3(CC(c4nnc(C5CC5)[nH]4)C3)C2)CC1. The summed E-state index contributed by atoms with van der Waals surface area (Å²) in [4.78, 5) is 41.4. The molecule has 2 aliphatic carbocycles. The van der Waals surface area contributed by atoms with Gasteiger partial charge in [-0.2, -0.15) is 0 Å². The van der Waals surface area contributed by atoms with Gasteiger partial charge in [0.1, 0.15) is 11.6 Å². The summed E-state index contributed by atoms with van der Waals surface area (Å²) in [5.41, 5.74) is 1.14. The van der Waals surface area contributed by atoms with Crippen molar-refractivity contribution in [3.63, 3.8) is 0 Å². The van der Waals surface area contributed by atoms with E-state index in [1.807, 2.05) is 45.0 Å². The Morgan fingerprint density at radius 2 is 1.61 bits per heavy atom. The minimum Gasteiger partial charge on any atom is -0.334 e. The number of hydrogen-bond acceptors (Lipinski definition) is 6. The van der Waals surface area contributed by atoms with Gasteiger partial charge in [0.15, 0.2) is 0 Å². The van der Waals surface area contributed by atoms with Crippen molar-refractivity contribution >= 4 is 23.3 Å². The third-order valence-corrected chi connectivity index (χ3v) is 9.22. The standard InChI is InChI=1S/C26H29N7O2S/c34-24(21-7-6-20(36-21)19-3-1-2-8-27-19)31-9-11-32(12-10-31)25(35)33-15-26(16-33)13-18(14-26)23-28-22(29-30-23)17-4-5-17/h1-3,6-8,17-18H,4-5,9-16H2,(H,28,29,30). The summed E-state index contributed by atoms with van der Waals surface area (Å²) in [6.45, 7) is 3.95. The van der Waals surface area contributed by atoms with E-state index in [4.69, 9.17) is 0 Å². The van der Waals surface area contributed by atoms with Crippen LogP contribution in [-0.2, 0) is 0 Å². The van der Waals surface area contributed by atoms with Gasteiger partial charge < -0.3 is 19.7 Å². The number of hydrogen-bond donors (Lipinski definition) is 1. The van der Waals surface area contributed by atoms with Crippen LogP contribution in [0, 0.1) is 5.41 Å². The fraction of sp³-hybridized carbons (Fsp3) is 0.500. The molecule has 3 amide bonds. The second kappa shape index (κ2) is 8.40. The highest BCUT2D eigenvalue weighted by Gasteiger charge is 2.55. The van der Waals surface area contributed by atoms with Gasteiger partial charge in [-0.25, -0.2) is 4.79 Å². The lowest BCUT2D eigenvalue weighted by molar-refractivity contribution is -0.0577. The molecule has 186 valence electrons. The Labute approximate surface area is 213 Å². The molecule has 5 heterocycles. The lowest BCUT2D eigenvalue weighted by Crippen LogP contribution is -2.66. The maximum Gasteiger partial charge on any atom is 0.320 e. The molecule has 2 saturated heterocycles. The maximum atomic E-state index is 13.1. The monoisotopic (exact) mass is 503 g/mol. The molecule has 0 aromatic carbocycles. The summed E-state index contributed by atoms with van der Waals surface area (Å²) in [5.74, 6) is 3.18. The molecule has 4 fully saturated rings. The first-order valence-electron chi connectivity index (χ1n) is 12.8. The van der Waals surface area contributed by atoms with Crippen LogP contribution in [0.15, 0.2) is 36.5 Å². The smallest absolute Gasteiger partial charge is 0.320 e. The van der Waals surface area contributed by atoms with Crippen LogP contribution >= 0.6 is 11.3 Å². The number of likely N-dealkylation sites (tertiary alicyclic amines) is 1. The molecule has 3 aromatic rings. The molecule has 0 unspecified atom stereocenters. The Morgan fingerprint density at radius 3 is 2.31 bits per heavy atom. The van der Waals surface area contributed by atoms with Crippen molar-refractivity contribution in [1.29, 1.82) is 0 Å². The molecule has 3 aromatic heterocycles. The summed E-state index contributed by atoms with van der Waals surface area (Å²) >= 11 is 1.47. The number of piperazine rings is 1. The third kappa shape index (κ3) is 3.87. The van der Waals surface area contributed by atoms with Crippen LogP contribution in [0.3, 0.4) is 0 Å². The number of carbonyl (C=O) groups is 2. The zero-order chi connectivity index (χ0) is 24.3. The van der Waals surface area contributed by atoms with Crippen molar-refractivity contribution in [3.05, 3.63) is 53.1 Å². The van der Waals surface area contributed by atoms with Gasteiger partial charge in [0.25, 0.3) is 5.91 Å². The third-order valence-electron chi connectivity index (χ3n) is 8.13. The lowest BCUT2D eigenvalue weighted by Gasteiger charge is -2.59. The summed E-state index contributed by atoms with van der Waals surface area (Å²) in [7, 11) is 0. The highest BCUT2D eigenvalue weighted by molar-refractivity contribution is 7.17. The van der Waals surface area contributed by atoms with Crippen LogP contribution in [0.5, 0.6) is 0 Å². The van der Waals surface area contributed by atoms with Gasteiger partial charge in [0, 0.05) is 62.7 Å². The topological polar surface area (TPSA) is 98.3 Å². The van der Waals surface area contributed by atoms with E-state index < -0.39 is 0 Å². The predicted molar refractivity (Wildman–Crippen MR) is 135 cm³/mol. The highest BCUT2D eigenvalue weighted by Crippen LogP contribution is 2.55. The van der Waals surface area contributed by atoms with E-state index in [0.29, 0.717) is 38.0 Å². The van der Waals surface area contributed by atoms with E-state index in [2.05, 4.69) is 20.2 Å². The normalized spacial score (nSPS) is 21.4. The number of nitrogens with zero attached hydrogens (tertiary/aromatic N) is 6. The van der Waals surface area contributed by atoms with Crippen molar-refractivity contribution in [3.8, 4) is 10.6 Å². The van der Waals surface area contributed by atoms with Crippen molar-refractivity contribution in [2.45, 2.75) is 37.5 Å². The van der Waals surface area contributed by atoms with Gasteiger partial charge in [0.05, 0.1) is 15.4 Å². The van der Waals surface area contributed by atoms with Gasteiger partial charge in [-0.3, -0.25) is 9.78 Å². The molecule has 1 N–H and O–H groups in total. The van der Waals surface area contributed by atoms with E-state index in [0.717, 1.165) is 53.0 Å². The van der Waals surface area contributed by atoms with Crippen LogP contribution < -0.4 is 0 Å². The Bertz CT molecular complexity index is 1280. The van der Waals surface area contributed by atoms with Crippen LogP contribution in [0.25, 0.3) is 10.6 Å². The molecule has 1 spiro atoms. The lowest BCUT2D eigenvalue weighted by atomic mass is 9.57. The number of amides is 3. The first-order chi connectivity index (χ1) is 17.6. The average Bonchev–Trinajstić information content (AvgIpc) is 3.39. The van der Waals surface area contributed by atoms with Gasteiger partial charge in [-0.15, -0.1) is 21.5 Å². The molecule has 0 atom stereocenters. The Hall–Kier alpha value is -3.27. The highest BCUT2D eigenvalue weighted by atomic mass is 32.1. The number of rotatable bonds is 4. The second-order valence-corrected chi connectivity index (χ2v) is 11.9. The van der Waals surface area contributed by atoms with E-state index in [1.165, 1.54) is 24.2 Å². The van der Waals surface area contributed by atoms with Crippen LogP contribution in [0.4, 0.5) is 4.79 Å². The van der Waals surface area contributed by atoms with Crippen molar-refractivity contribution in [1.82, 2.24) is 34.9 Å². The number of carbonyl (C=O) groups excluding carboxylic acids is 2. The summed E-state index contributed by atoms with van der Waals surface area (Å²) < 4.78 is 0. The molecule has 2 aliphatic heterocycles. The second-order valence-electron chi connectivity index (χ2n) is 10.8. The van der Waals surface area contributed by atoms with Crippen molar-refractivity contribution < 1.29 is 9.59 Å². The van der Waals surface area contributed by atoms with Crippen LogP contribution in [0.2, 0.25) is 0 Å². The van der Waals surface area contributed by atoms with Crippen LogP contribution in [0.1, 0.15) is 58.8 Å². The minimum absolute atomic E-state index is 0.0370. The molecule has 0 bridgehead atoms. The first kappa shape index (κ1) is 22.0. The molecule has 2 saturated carbocycles. The predicted octanol–water partition coefficient (Wildman–Crippen LogP) is 3.56. The van der Waals surface area contributed by atoms with Gasteiger partial charge in [-0.1, -0.05) is 6.07 Å². The number of H-pyrrole nitrogens is 1. The molecule has 9 nitrogen and oxygen atoms in total.